The van der Waals surface area contributed by atoms with Gasteiger partial charge in [0.2, 0.25) is 5.91 Å². The topological polar surface area (TPSA) is 69.5 Å². The number of benzene rings is 1. The Labute approximate surface area is 160 Å². The van der Waals surface area contributed by atoms with E-state index in [4.69, 9.17) is 4.74 Å². The van der Waals surface area contributed by atoms with Gasteiger partial charge in [0, 0.05) is 32.4 Å². The predicted octanol–water partition coefficient (Wildman–Crippen LogP) is 2.63. The van der Waals surface area contributed by atoms with Gasteiger partial charge in [-0.3, -0.25) is 4.79 Å². The third-order valence-electron chi connectivity index (χ3n) is 4.59. The van der Waals surface area contributed by atoms with Crippen molar-refractivity contribution in [2.45, 2.75) is 19.8 Å². The lowest BCUT2D eigenvalue weighted by Gasteiger charge is -2.35. The highest BCUT2D eigenvalue weighted by Crippen LogP contribution is 2.19. The Balaban J connectivity index is 1.53. The van der Waals surface area contributed by atoms with Crippen LogP contribution in [0.15, 0.2) is 42.6 Å². The van der Waals surface area contributed by atoms with E-state index >= 15 is 0 Å². The third kappa shape index (κ3) is 4.76. The average molecular weight is 364 g/mol. The number of amides is 1. The summed E-state index contributed by atoms with van der Waals surface area (Å²) in [5.41, 5.74) is 1.56. The molecule has 1 aromatic heterocycles. The van der Waals surface area contributed by atoms with Crippen LogP contribution < -0.4 is 9.64 Å². The zero-order valence-corrected chi connectivity index (χ0v) is 15.6. The van der Waals surface area contributed by atoms with Gasteiger partial charge in [-0.25, -0.2) is 4.98 Å². The molecule has 1 fully saturated rings. The number of nitriles is 1. The van der Waals surface area contributed by atoms with Gasteiger partial charge in [-0.05, 0) is 36.2 Å². The van der Waals surface area contributed by atoms with Crippen LogP contribution >= 0.6 is 0 Å². The molecule has 2 aromatic rings. The van der Waals surface area contributed by atoms with E-state index in [0.717, 1.165) is 17.7 Å². The van der Waals surface area contributed by atoms with E-state index in [1.165, 1.54) is 0 Å². The number of piperazine rings is 1. The molecule has 0 unspecified atom stereocenters. The van der Waals surface area contributed by atoms with Crippen LogP contribution in [-0.4, -0.2) is 48.6 Å². The minimum Gasteiger partial charge on any atom is -0.494 e. The maximum absolute atomic E-state index is 12.6. The lowest BCUT2D eigenvalue weighted by Crippen LogP contribution is -2.49. The molecular formula is C21H24N4O2. The molecule has 2 heterocycles. The summed E-state index contributed by atoms with van der Waals surface area (Å²) in [4.78, 5) is 20.9. The van der Waals surface area contributed by atoms with Crippen molar-refractivity contribution >= 4 is 11.7 Å². The summed E-state index contributed by atoms with van der Waals surface area (Å²) in [5.74, 6) is 1.67. The predicted molar refractivity (Wildman–Crippen MR) is 104 cm³/mol. The third-order valence-corrected chi connectivity index (χ3v) is 4.59. The molecule has 1 saturated heterocycles. The number of nitrogens with zero attached hydrogens (tertiary/aromatic N) is 4. The van der Waals surface area contributed by atoms with E-state index in [-0.39, 0.29) is 5.91 Å². The van der Waals surface area contributed by atoms with E-state index in [2.05, 4.69) is 22.9 Å². The highest BCUT2D eigenvalue weighted by atomic mass is 16.5. The molecule has 1 aliphatic rings. The summed E-state index contributed by atoms with van der Waals surface area (Å²) in [6.45, 7) is 5.41. The van der Waals surface area contributed by atoms with Crippen LogP contribution in [0.3, 0.4) is 0 Å². The molecule has 3 rings (SSSR count). The van der Waals surface area contributed by atoms with Crippen molar-refractivity contribution in [1.29, 1.82) is 5.26 Å². The Hall–Kier alpha value is -3.07. The van der Waals surface area contributed by atoms with Gasteiger partial charge >= 0.3 is 0 Å². The van der Waals surface area contributed by atoms with Crippen LogP contribution in [0.5, 0.6) is 5.75 Å². The Morgan fingerprint density at radius 2 is 1.93 bits per heavy atom. The second-order valence-electron chi connectivity index (χ2n) is 6.52. The van der Waals surface area contributed by atoms with Crippen molar-refractivity contribution in [2.24, 2.45) is 0 Å². The molecule has 6 heteroatoms. The van der Waals surface area contributed by atoms with Gasteiger partial charge in [0.15, 0.2) is 0 Å². The first-order chi connectivity index (χ1) is 13.2. The summed E-state index contributed by atoms with van der Waals surface area (Å²) in [6.07, 6.45) is 3.06. The highest BCUT2D eigenvalue weighted by molar-refractivity contribution is 5.79. The molecule has 140 valence electrons. The first-order valence-electron chi connectivity index (χ1n) is 9.31. The number of anilines is 1. The molecule has 6 nitrogen and oxygen atoms in total. The fourth-order valence-electron chi connectivity index (χ4n) is 3.11. The molecule has 1 aliphatic heterocycles. The molecule has 0 aliphatic carbocycles. The van der Waals surface area contributed by atoms with E-state index in [9.17, 15) is 10.1 Å². The van der Waals surface area contributed by atoms with Gasteiger partial charge in [-0.2, -0.15) is 5.26 Å². The van der Waals surface area contributed by atoms with E-state index in [0.29, 0.717) is 50.6 Å². The van der Waals surface area contributed by atoms with Gasteiger partial charge < -0.3 is 14.5 Å². The van der Waals surface area contributed by atoms with E-state index < -0.39 is 0 Å². The average Bonchev–Trinajstić information content (AvgIpc) is 2.73. The van der Waals surface area contributed by atoms with E-state index in [1.54, 1.807) is 18.3 Å². The molecular weight excluding hydrogens is 340 g/mol. The number of pyridine rings is 1. The number of carbonyl (C=O) groups is 1. The second-order valence-corrected chi connectivity index (χ2v) is 6.52. The number of ether oxygens (including phenoxy) is 1. The maximum atomic E-state index is 12.6. The Kier molecular flexibility index (Phi) is 6.26. The number of hydrogen-bond acceptors (Lipinski definition) is 5. The first kappa shape index (κ1) is 18.7. The zero-order valence-electron chi connectivity index (χ0n) is 15.6. The van der Waals surface area contributed by atoms with Crippen LogP contribution in [-0.2, 0) is 11.2 Å². The Morgan fingerprint density at radius 3 is 2.59 bits per heavy atom. The number of hydrogen-bond donors (Lipinski definition) is 0. The summed E-state index contributed by atoms with van der Waals surface area (Å²) in [5, 5.41) is 9.23. The summed E-state index contributed by atoms with van der Waals surface area (Å²) in [6, 6.07) is 13.5. The summed E-state index contributed by atoms with van der Waals surface area (Å²) >= 11 is 0. The molecule has 0 spiro atoms. The van der Waals surface area contributed by atoms with Crippen LogP contribution in [0.25, 0.3) is 0 Å². The van der Waals surface area contributed by atoms with Crippen molar-refractivity contribution in [3.63, 3.8) is 0 Å². The van der Waals surface area contributed by atoms with Crippen LogP contribution in [0, 0.1) is 11.3 Å². The quantitative estimate of drug-likeness (QED) is 0.788. The summed E-state index contributed by atoms with van der Waals surface area (Å²) < 4.78 is 5.57. The number of aromatic nitrogens is 1. The minimum atomic E-state index is 0.124. The van der Waals surface area contributed by atoms with Crippen LogP contribution in [0.2, 0.25) is 0 Å². The van der Waals surface area contributed by atoms with Crippen molar-refractivity contribution in [3.05, 3.63) is 53.7 Å². The zero-order chi connectivity index (χ0) is 19.1. The van der Waals surface area contributed by atoms with Gasteiger partial charge in [0.25, 0.3) is 0 Å². The lowest BCUT2D eigenvalue weighted by molar-refractivity contribution is -0.130. The van der Waals surface area contributed by atoms with Crippen LogP contribution in [0.4, 0.5) is 5.82 Å². The lowest BCUT2D eigenvalue weighted by atomic mass is 10.1. The number of carbonyl (C=O) groups excluding carboxylic acids is 1. The second kappa shape index (κ2) is 9.04. The Bertz CT molecular complexity index is 806. The highest BCUT2D eigenvalue weighted by Gasteiger charge is 2.23. The number of rotatable bonds is 6. The van der Waals surface area contributed by atoms with Gasteiger partial charge in [-0.1, -0.05) is 19.1 Å². The van der Waals surface area contributed by atoms with Crippen molar-refractivity contribution in [3.8, 4) is 11.8 Å². The van der Waals surface area contributed by atoms with Crippen molar-refractivity contribution in [1.82, 2.24) is 9.88 Å². The molecule has 0 bridgehead atoms. The van der Waals surface area contributed by atoms with Crippen LogP contribution in [0.1, 0.15) is 24.5 Å². The van der Waals surface area contributed by atoms with E-state index in [1.807, 2.05) is 29.2 Å². The first-order valence-corrected chi connectivity index (χ1v) is 9.31. The molecule has 1 amide bonds. The molecule has 27 heavy (non-hydrogen) atoms. The molecule has 0 atom stereocenters. The fourth-order valence-corrected chi connectivity index (χ4v) is 3.11. The molecule has 1 aromatic carbocycles. The van der Waals surface area contributed by atoms with Crippen molar-refractivity contribution < 1.29 is 9.53 Å². The molecule has 0 saturated carbocycles. The standard InChI is InChI=1S/C21H24N4O2/c1-2-14-27-19-7-5-17(6-8-19)15-20(26)24-10-12-25(13-11-24)21-18(16-22)4-3-9-23-21/h3-9H,2,10-15H2,1H3. The fraction of sp³-hybridized carbons (Fsp3) is 0.381. The maximum Gasteiger partial charge on any atom is 0.227 e. The van der Waals surface area contributed by atoms with Crippen molar-refractivity contribution in [2.75, 3.05) is 37.7 Å². The van der Waals surface area contributed by atoms with Gasteiger partial charge in [0.1, 0.15) is 17.6 Å². The van der Waals surface area contributed by atoms with Gasteiger partial charge in [-0.15, -0.1) is 0 Å². The largest absolute Gasteiger partial charge is 0.494 e. The Morgan fingerprint density at radius 1 is 1.19 bits per heavy atom. The molecule has 0 N–H and O–H groups in total. The summed E-state index contributed by atoms with van der Waals surface area (Å²) in [7, 11) is 0. The monoisotopic (exact) mass is 364 g/mol. The SMILES string of the molecule is CCCOc1ccc(CC(=O)N2CCN(c3ncccc3C#N)CC2)cc1. The molecule has 0 radical (unpaired) electrons. The minimum absolute atomic E-state index is 0.124. The smallest absolute Gasteiger partial charge is 0.227 e. The normalized spacial score (nSPS) is 13.9. The van der Waals surface area contributed by atoms with Gasteiger partial charge in [0.05, 0.1) is 18.6 Å².